The summed E-state index contributed by atoms with van der Waals surface area (Å²) in [6, 6.07) is 1.80. The van der Waals surface area contributed by atoms with Crippen molar-refractivity contribution in [3.05, 3.63) is 36.2 Å². The van der Waals surface area contributed by atoms with Gasteiger partial charge >= 0.3 is 0 Å². The summed E-state index contributed by atoms with van der Waals surface area (Å²) < 4.78 is 0. The number of aromatic nitrogens is 4. The summed E-state index contributed by atoms with van der Waals surface area (Å²) in [7, 11) is 0. The zero-order chi connectivity index (χ0) is 9.80. The maximum Gasteiger partial charge on any atom is 0.271 e. The zero-order valence-corrected chi connectivity index (χ0v) is 7.32. The molecule has 0 saturated carbocycles. The average molecular weight is 191 g/mol. The number of amides is 1. The molecular weight excluding hydrogens is 182 g/mol. The molecule has 0 aliphatic heterocycles. The van der Waals surface area contributed by atoms with Gasteiger partial charge < -0.3 is 10.3 Å². The summed E-state index contributed by atoms with van der Waals surface area (Å²) in [6.07, 6.45) is 4.71. The predicted molar refractivity (Wildman–Crippen MR) is 48.3 cm³/mol. The van der Waals surface area contributed by atoms with Crippen LogP contribution in [0.4, 0.5) is 0 Å². The standard InChI is InChI=1S/C8H9N5O/c14-8(7-4-9-5-11-7)10-3-6-1-2-12-13-6/h1-2,4-5H,3H2,(H,9,11)(H,10,14)(H,12,13). The monoisotopic (exact) mass is 191 g/mol. The van der Waals surface area contributed by atoms with Gasteiger partial charge in [-0.15, -0.1) is 0 Å². The summed E-state index contributed by atoms with van der Waals surface area (Å²) in [6.45, 7) is 0.398. The third-order valence-electron chi connectivity index (χ3n) is 1.72. The molecule has 2 aromatic rings. The third-order valence-corrected chi connectivity index (χ3v) is 1.72. The largest absolute Gasteiger partial charge is 0.350 e. The van der Waals surface area contributed by atoms with Gasteiger partial charge in [-0.25, -0.2) is 4.98 Å². The molecule has 0 spiro atoms. The van der Waals surface area contributed by atoms with Crippen LogP contribution in [0.2, 0.25) is 0 Å². The highest BCUT2D eigenvalue weighted by Gasteiger charge is 2.06. The average Bonchev–Trinajstić information content (AvgIpc) is 2.87. The van der Waals surface area contributed by atoms with Crippen LogP contribution in [0.3, 0.4) is 0 Å². The van der Waals surface area contributed by atoms with E-state index in [2.05, 4.69) is 25.5 Å². The minimum atomic E-state index is -0.214. The third kappa shape index (κ3) is 1.79. The molecule has 2 rings (SSSR count). The number of imidazole rings is 1. The van der Waals surface area contributed by atoms with Gasteiger partial charge in [0.2, 0.25) is 0 Å². The Morgan fingerprint density at radius 2 is 2.50 bits per heavy atom. The Balaban J connectivity index is 1.90. The number of hydrogen-bond acceptors (Lipinski definition) is 3. The fourth-order valence-electron chi connectivity index (χ4n) is 1.04. The Bertz CT molecular complexity index is 391. The van der Waals surface area contributed by atoms with Crippen LogP contribution in [0.5, 0.6) is 0 Å². The molecule has 0 aromatic carbocycles. The van der Waals surface area contributed by atoms with E-state index in [1.807, 2.05) is 0 Å². The molecule has 1 amide bonds. The van der Waals surface area contributed by atoms with Crippen molar-refractivity contribution >= 4 is 5.91 Å². The van der Waals surface area contributed by atoms with E-state index >= 15 is 0 Å². The molecule has 2 heterocycles. The van der Waals surface area contributed by atoms with Crippen molar-refractivity contribution in [1.82, 2.24) is 25.5 Å². The van der Waals surface area contributed by atoms with Crippen molar-refractivity contribution in [2.75, 3.05) is 0 Å². The van der Waals surface area contributed by atoms with Crippen LogP contribution in [0.1, 0.15) is 16.2 Å². The fourth-order valence-corrected chi connectivity index (χ4v) is 1.04. The lowest BCUT2D eigenvalue weighted by Crippen LogP contribution is -2.23. The number of nitrogens with one attached hydrogen (secondary N) is 3. The molecular formula is C8H9N5O. The predicted octanol–water partition coefficient (Wildman–Crippen LogP) is 0.0628. The summed E-state index contributed by atoms with van der Waals surface area (Å²) in [4.78, 5) is 17.9. The van der Waals surface area contributed by atoms with Crippen LogP contribution in [0, 0.1) is 0 Å². The molecule has 0 aliphatic rings. The van der Waals surface area contributed by atoms with Crippen molar-refractivity contribution in [2.45, 2.75) is 6.54 Å². The molecule has 14 heavy (non-hydrogen) atoms. The molecule has 0 radical (unpaired) electrons. The highest BCUT2D eigenvalue weighted by molar-refractivity contribution is 5.91. The van der Waals surface area contributed by atoms with Gasteiger partial charge in [-0.1, -0.05) is 0 Å². The van der Waals surface area contributed by atoms with Gasteiger partial charge in [0.25, 0.3) is 5.91 Å². The van der Waals surface area contributed by atoms with E-state index in [-0.39, 0.29) is 5.91 Å². The highest BCUT2D eigenvalue weighted by Crippen LogP contribution is 1.93. The Morgan fingerprint density at radius 3 is 3.14 bits per heavy atom. The van der Waals surface area contributed by atoms with E-state index in [0.717, 1.165) is 5.69 Å². The first kappa shape index (κ1) is 8.49. The number of carbonyl (C=O) groups is 1. The molecule has 0 atom stereocenters. The van der Waals surface area contributed by atoms with Gasteiger partial charge in [-0.05, 0) is 6.07 Å². The second-order valence-corrected chi connectivity index (χ2v) is 2.70. The Hall–Kier alpha value is -2.11. The van der Waals surface area contributed by atoms with Crippen LogP contribution < -0.4 is 5.32 Å². The van der Waals surface area contributed by atoms with E-state index < -0.39 is 0 Å². The minimum Gasteiger partial charge on any atom is -0.350 e. The molecule has 3 N–H and O–H groups in total. The number of nitrogens with zero attached hydrogens (tertiary/aromatic N) is 2. The quantitative estimate of drug-likeness (QED) is 0.641. The molecule has 0 unspecified atom stereocenters. The van der Waals surface area contributed by atoms with Gasteiger partial charge in [0.05, 0.1) is 18.6 Å². The number of hydrogen-bond donors (Lipinski definition) is 3. The van der Waals surface area contributed by atoms with Crippen LogP contribution >= 0.6 is 0 Å². The number of aromatic amines is 2. The molecule has 0 bridgehead atoms. The molecule has 0 saturated heterocycles. The fraction of sp³-hybridized carbons (Fsp3) is 0.125. The van der Waals surface area contributed by atoms with E-state index in [1.54, 1.807) is 18.5 Å². The summed E-state index contributed by atoms with van der Waals surface area (Å²) in [5.41, 5.74) is 1.16. The van der Waals surface area contributed by atoms with Gasteiger partial charge in [0.15, 0.2) is 0 Å². The number of rotatable bonds is 3. The molecule has 6 heteroatoms. The van der Waals surface area contributed by atoms with Gasteiger partial charge in [-0.2, -0.15) is 5.10 Å². The molecule has 0 aliphatic carbocycles. The first-order chi connectivity index (χ1) is 6.86. The SMILES string of the molecule is O=C(NCc1cc[nH]n1)c1c[nH]cn1. The highest BCUT2D eigenvalue weighted by atomic mass is 16.1. The lowest BCUT2D eigenvalue weighted by molar-refractivity contribution is 0.0946. The molecule has 0 fully saturated rings. The lowest BCUT2D eigenvalue weighted by atomic mass is 10.4. The number of carbonyl (C=O) groups excluding carboxylic acids is 1. The van der Waals surface area contributed by atoms with Crippen molar-refractivity contribution < 1.29 is 4.79 Å². The summed E-state index contributed by atoms with van der Waals surface area (Å²) in [5, 5.41) is 9.25. The maximum atomic E-state index is 11.4. The summed E-state index contributed by atoms with van der Waals surface area (Å²) in [5.74, 6) is -0.214. The minimum absolute atomic E-state index is 0.214. The van der Waals surface area contributed by atoms with Crippen molar-refractivity contribution in [1.29, 1.82) is 0 Å². The first-order valence-corrected chi connectivity index (χ1v) is 4.12. The van der Waals surface area contributed by atoms with Crippen LogP contribution in [0.25, 0.3) is 0 Å². The van der Waals surface area contributed by atoms with E-state index in [0.29, 0.717) is 12.2 Å². The van der Waals surface area contributed by atoms with E-state index in [4.69, 9.17) is 0 Å². The van der Waals surface area contributed by atoms with Gasteiger partial charge in [0.1, 0.15) is 5.69 Å². The second kappa shape index (κ2) is 3.73. The second-order valence-electron chi connectivity index (χ2n) is 2.70. The van der Waals surface area contributed by atoms with Gasteiger partial charge in [-0.3, -0.25) is 9.89 Å². The zero-order valence-electron chi connectivity index (χ0n) is 7.32. The van der Waals surface area contributed by atoms with Crippen LogP contribution in [-0.4, -0.2) is 26.1 Å². The Labute approximate surface area is 79.8 Å². The van der Waals surface area contributed by atoms with Gasteiger partial charge in [0, 0.05) is 12.4 Å². The van der Waals surface area contributed by atoms with Crippen molar-refractivity contribution in [3.8, 4) is 0 Å². The number of H-pyrrole nitrogens is 2. The van der Waals surface area contributed by atoms with E-state index in [1.165, 1.54) is 6.33 Å². The first-order valence-electron chi connectivity index (χ1n) is 4.12. The van der Waals surface area contributed by atoms with E-state index in [9.17, 15) is 4.79 Å². The Kier molecular flexibility index (Phi) is 2.26. The molecule has 2 aromatic heterocycles. The van der Waals surface area contributed by atoms with Crippen LogP contribution in [-0.2, 0) is 6.54 Å². The summed E-state index contributed by atoms with van der Waals surface area (Å²) >= 11 is 0. The van der Waals surface area contributed by atoms with Crippen molar-refractivity contribution in [2.24, 2.45) is 0 Å². The van der Waals surface area contributed by atoms with Crippen molar-refractivity contribution in [3.63, 3.8) is 0 Å². The topological polar surface area (TPSA) is 86.5 Å². The molecule has 72 valence electrons. The normalized spacial score (nSPS) is 10.0. The smallest absolute Gasteiger partial charge is 0.271 e. The molecule has 6 nitrogen and oxygen atoms in total. The Morgan fingerprint density at radius 1 is 1.57 bits per heavy atom. The van der Waals surface area contributed by atoms with Crippen LogP contribution in [0.15, 0.2) is 24.8 Å². The lowest BCUT2D eigenvalue weighted by Gasteiger charge is -1.98. The maximum absolute atomic E-state index is 11.4.